The maximum absolute atomic E-state index is 5.55. The van der Waals surface area contributed by atoms with Gasteiger partial charge in [0.1, 0.15) is 17.2 Å². The van der Waals surface area contributed by atoms with Gasteiger partial charge in [-0.3, -0.25) is 0 Å². The van der Waals surface area contributed by atoms with Crippen molar-refractivity contribution >= 4 is 5.69 Å². The van der Waals surface area contributed by atoms with Crippen LogP contribution in [0.1, 0.15) is 28.8 Å². The second-order valence-electron chi connectivity index (χ2n) is 8.33. The van der Waals surface area contributed by atoms with Gasteiger partial charge in [-0.25, -0.2) is 10.9 Å². The van der Waals surface area contributed by atoms with Crippen molar-refractivity contribution in [2.75, 3.05) is 32.8 Å². The average Bonchev–Trinajstić information content (AvgIpc) is 3.28. The van der Waals surface area contributed by atoms with E-state index in [9.17, 15) is 0 Å². The van der Waals surface area contributed by atoms with Crippen molar-refractivity contribution in [3.8, 4) is 17.2 Å². The number of hydrogen-bond donors (Lipinski definition) is 2. The minimum atomic E-state index is 0.198. The van der Waals surface area contributed by atoms with E-state index in [1.165, 1.54) is 22.4 Å². The molecule has 6 heteroatoms. The first-order valence-electron chi connectivity index (χ1n) is 10.9. The molecule has 0 amide bonds. The van der Waals surface area contributed by atoms with Gasteiger partial charge in [-0.05, 0) is 59.2 Å². The molecule has 3 aromatic carbocycles. The minimum absolute atomic E-state index is 0.198. The van der Waals surface area contributed by atoms with Crippen molar-refractivity contribution in [3.63, 3.8) is 0 Å². The third kappa shape index (κ3) is 3.76. The predicted octanol–water partition coefficient (Wildman–Crippen LogP) is 4.24. The van der Waals surface area contributed by atoms with Crippen LogP contribution < -0.4 is 30.0 Å². The molecule has 0 spiro atoms. The van der Waals surface area contributed by atoms with Crippen molar-refractivity contribution in [2.24, 2.45) is 5.92 Å². The van der Waals surface area contributed by atoms with E-state index in [0.717, 1.165) is 30.3 Å². The smallest absolute Gasteiger partial charge is 0.119 e. The van der Waals surface area contributed by atoms with E-state index in [4.69, 9.17) is 14.2 Å². The number of methoxy groups -OCH3 is 3. The van der Waals surface area contributed by atoms with Crippen molar-refractivity contribution < 1.29 is 14.2 Å². The fourth-order valence-corrected chi connectivity index (χ4v) is 4.90. The number of rotatable bonds is 6. The van der Waals surface area contributed by atoms with E-state index in [-0.39, 0.29) is 12.1 Å². The number of hydrazine groups is 1. The zero-order valence-corrected chi connectivity index (χ0v) is 18.7. The van der Waals surface area contributed by atoms with Crippen LogP contribution in [0.5, 0.6) is 17.2 Å². The normalized spacial score (nSPS) is 21.6. The standard InChI is InChI=1S/C26H29N3O3/c1-30-19-8-4-17(5-9-19)15-29-16-23-25(18-6-10-20(31-2)11-7-18)27-28-26(23)22-14-21(32-3)12-13-24(22)29/h4-14,23,25-28H,15-16H2,1-3H3. The molecule has 0 radical (unpaired) electrons. The zero-order valence-electron chi connectivity index (χ0n) is 18.7. The topological polar surface area (TPSA) is 55.0 Å². The lowest BCUT2D eigenvalue weighted by atomic mass is 9.82. The van der Waals surface area contributed by atoms with Crippen LogP contribution in [-0.4, -0.2) is 27.9 Å². The maximum Gasteiger partial charge on any atom is 0.119 e. The van der Waals surface area contributed by atoms with Crippen LogP contribution in [-0.2, 0) is 6.54 Å². The highest BCUT2D eigenvalue weighted by molar-refractivity contribution is 5.61. The number of fused-ring (bicyclic) bond motifs is 3. The van der Waals surface area contributed by atoms with Crippen LogP contribution in [0.25, 0.3) is 0 Å². The first kappa shape index (κ1) is 20.7. The Labute approximate surface area is 189 Å². The third-order valence-electron chi connectivity index (χ3n) is 6.60. The molecule has 2 N–H and O–H groups in total. The van der Waals surface area contributed by atoms with Gasteiger partial charge < -0.3 is 19.1 Å². The Hall–Kier alpha value is -3.22. The van der Waals surface area contributed by atoms with E-state index in [1.807, 2.05) is 30.3 Å². The van der Waals surface area contributed by atoms with E-state index < -0.39 is 0 Å². The third-order valence-corrected chi connectivity index (χ3v) is 6.60. The van der Waals surface area contributed by atoms with Gasteiger partial charge >= 0.3 is 0 Å². The largest absolute Gasteiger partial charge is 0.497 e. The highest BCUT2D eigenvalue weighted by Crippen LogP contribution is 2.46. The summed E-state index contributed by atoms with van der Waals surface area (Å²) < 4.78 is 16.2. The first-order valence-corrected chi connectivity index (χ1v) is 10.9. The SMILES string of the molecule is COc1ccc(CN2CC3C(c4ccc(OC)cc4)NNC3c3cc(OC)ccc32)cc1. The molecule has 3 unspecified atom stereocenters. The van der Waals surface area contributed by atoms with Crippen LogP contribution in [0.2, 0.25) is 0 Å². The Morgan fingerprint density at radius 2 is 1.34 bits per heavy atom. The Balaban J connectivity index is 1.48. The second-order valence-corrected chi connectivity index (χ2v) is 8.33. The summed E-state index contributed by atoms with van der Waals surface area (Å²) in [6.07, 6.45) is 0. The molecule has 3 aromatic rings. The fraction of sp³-hybridized carbons (Fsp3) is 0.308. The molecule has 0 aromatic heterocycles. The van der Waals surface area contributed by atoms with Gasteiger partial charge in [0.15, 0.2) is 0 Å². The zero-order chi connectivity index (χ0) is 22.1. The molecule has 2 aliphatic rings. The molecule has 3 atom stereocenters. The molecule has 2 aliphatic heterocycles. The van der Waals surface area contributed by atoms with Crippen LogP contribution in [0.4, 0.5) is 5.69 Å². The number of ether oxygens (including phenoxy) is 3. The highest BCUT2D eigenvalue weighted by atomic mass is 16.5. The summed E-state index contributed by atoms with van der Waals surface area (Å²) in [4.78, 5) is 2.48. The molecular weight excluding hydrogens is 402 g/mol. The van der Waals surface area contributed by atoms with E-state index in [1.54, 1.807) is 21.3 Å². The number of anilines is 1. The number of nitrogens with one attached hydrogen (secondary N) is 2. The summed E-state index contributed by atoms with van der Waals surface area (Å²) in [5.41, 5.74) is 12.1. The Morgan fingerprint density at radius 3 is 2.00 bits per heavy atom. The molecule has 0 aliphatic carbocycles. The Kier molecular flexibility index (Phi) is 5.64. The van der Waals surface area contributed by atoms with Crippen molar-refractivity contribution in [1.82, 2.24) is 10.9 Å². The molecule has 1 saturated heterocycles. The quantitative estimate of drug-likeness (QED) is 0.609. The second kappa shape index (κ2) is 8.73. The van der Waals surface area contributed by atoms with Crippen molar-refractivity contribution in [2.45, 2.75) is 18.6 Å². The molecule has 2 heterocycles. The lowest BCUT2D eigenvalue weighted by Crippen LogP contribution is -2.39. The number of hydrogen-bond acceptors (Lipinski definition) is 6. The summed E-state index contributed by atoms with van der Waals surface area (Å²) in [6.45, 7) is 1.77. The van der Waals surface area contributed by atoms with Gasteiger partial charge in [0.2, 0.25) is 0 Å². The van der Waals surface area contributed by atoms with Gasteiger partial charge in [0.25, 0.3) is 0 Å². The summed E-state index contributed by atoms with van der Waals surface area (Å²) in [5, 5.41) is 0. The Bertz CT molecular complexity index is 1070. The molecule has 1 fully saturated rings. The van der Waals surface area contributed by atoms with Gasteiger partial charge in [-0.2, -0.15) is 0 Å². The van der Waals surface area contributed by atoms with Gasteiger partial charge in [-0.1, -0.05) is 24.3 Å². The molecule has 32 heavy (non-hydrogen) atoms. The highest BCUT2D eigenvalue weighted by Gasteiger charge is 2.43. The Morgan fingerprint density at radius 1 is 0.750 bits per heavy atom. The van der Waals surface area contributed by atoms with E-state index in [2.05, 4.69) is 52.1 Å². The molecule has 0 bridgehead atoms. The monoisotopic (exact) mass is 431 g/mol. The summed E-state index contributed by atoms with van der Waals surface area (Å²) in [7, 11) is 5.11. The summed E-state index contributed by atoms with van der Waals surface area (Å²) in [6, 6.07) is 23.5. The first-order chi connectivity index (χ1) is 15.7. The van der Waals surface area contributed by atoms with E-state index >= 15 is 0 Å². The van der Waals surface area contributed by atoms with Crippen LogP contribution in [0.15, 0.2) is 66.7 Å². The van der Waals surface area contributed by atoms with Crippen LogP contribution in [0.3, 0.4) is 0 Å². The maximum atomic E-state index is 5.55. The van der Waals surface area contributed by atoms with Crippen molar-refractivity contribution in [3.05, 3.63) is 83.4 Å². The van der Waals surface area contributed by atoms with Crippen LogP contribution in [0, 0.1) is 5.92 Å². The number of benzene rings is 3. The lowest BCUT2D eigenvalue weighted by Gasteiger charge is -2.39. The molecule has 0 saturated carbocycles. The fourth-order valence-electron chi connectivity index (χ4n) is 4.90. The predicted molar refractivity (Wildman–Crippen MR) is 125 cm³/mol. The lowest BCUT2D eigenvalue weighted by molar-refractivity contribution is 0.392. The van der Waals surface area contributed by atoms with Gasteiger partial charge in [0.05, 0.1) is 33.4 Å². The number of nitrogens with zero attached hydrogens (tertiary/aromatic N) is 1. The molecule has 6 nitrogen and oxygen atoms in total. The summed E-state index contributed by atoms with van der Waals surface area (Å²) >= 11 is 0. The average molecular weight is 432 g/mol. The molecule has 5 rings (SSSR count). The van der Waals surface area contributed by atoms with Gasteiger partial charge in [-0.15, -0.1) is 0 Å². The van der Waals surface area contributed by atoms with Crippen LogP contribution >= 0.6 is 0 Å². The van der Waals surface area contributed by atoms with E-state index in [0.29, 0.717) is 5.92 Å². The molecule has 166 valence electrons. The van der Waals surface area contributed by atoms with Crippen molar-refractivity contribution in [1.29, 1.82) is 0 Å². The molecular formula is C26H29N3O3. The van der Waals surface area contributed by atoms with Gasteiger partial charge in [0, 0.05) is 24.7 Å². The summed E-state index contributed by atoms with van der Waals surface area (Å²) in [5.74, 6) is 2.99. The minimum Gasteiger partial charge on any atom is -0.497 e.